The zero-order valence-corrected chi connectivity index (χ0v) is 19.2. The summed E-state index contributed by atoms with van der Waals surface area (Å²) in [5.41, 5.74) is 4.32. The highest BCUT2D eigenvalue weighted by atomic mass is 127. The van der Waals surface area contributed by atoms with Crippen LogP contribution in [0, 0.1) is 7.14 Å². The van der Waals surface area contributed by atoms with Crippen LogP contribution >= 0.6 is 61.1 Å². The van der Waals surface area contributed by atoms with E-state index in [2.05, 4.69) is 71.6 Å². The molecule has 4 nitrogen and oxygen atoms in total. The molecule has 0 aliphatic heterocycles. The van der Waals surface area contributed by atoms with Crippen LogP contribution in [0.25, 0.3) is 10.8 Å². The number of halogens is 3. The minimum Gasteiger partial charge on any atom is -0.506 e. The van der Waals surface area contributed by atoms with Crippen molar-refractivity contribution in [2.24, 2.45) is 5.10 Å². The predicted octanol–water partition coefficient (Wildman–Crippen LogP) is 5.21. The Hall–Kier alpha value is -1.20. The molecule has 0 saturated carbocycles. The lowest BCUT2D eigenvalue weighted by atomic mass is 10.0. The van der Waals surface area contributed by atoms with E-state index >= 15 is 0 Å². The van der Waals surface area contributed by atoms with Gasteiger partial charge in [0.05, 0.1) is 19.8 Å². The fraction of sp³-hybridized carbons (Fsp3) is 0.0526. The Kier molecular flexibility index (Phi) is 6.51. The van der Waals surface area contributed by atoms with E-state index in [4.69, 9.17) is 0 Å². The number of hydrazone groups is 1. The van der Waals surface area contributed by atoms with Gasteiger partial charge in [0, 0.05) is 4.47 Å². The molecule has 0 heterocycles. The molecule has 132 valence electrons. The first kappa shape index (κ1) is 19.6. The van der Waals surface area contributed by atoms with Crippen LogP contribution < -0.4 is 5.43 Å². The predicted molar refractivity (Wildman–Crippen MR) is 125 cm³/mol. The van der Waals surface area contributed by atoms with E-state index in [1.807, 2.05) is 36.4 Å². The smallest absolute Gasteiger partial charge is 0.244 e. The lowest BCUT2D eigenvalue weighted by Gasteiger charge is -2.07. The summed E-state index contributed by atoms with van der Waals surface area (Å²) in [6.45, 7) is 0. The largest absolute Gasteiger partial charge is 0.506 e. The van der Waals surface area contributed by atoms with Gasteiger partial charge >= 0.3 is 0 Å². The van der Waals surface area contributed by atoms with Crippen molar-refractivity contribution >= 4 is 84.0 Å². The molecule has 3 aromatic rings. The van der Waals surface area contributed by atoms with Crippen molar-refractivity contribution in [2.45, 2.75) is 6.42 Å². The maximum Gasteiger partial charge on any atom is 0.244 e. The molecule has 0 atom stereocenters. The molecule has 0 aromatic heterocycles. The molecule has 3 aromatic carbocycles. The number of carbonyl (C=O) groups is 1. The molecule has 0 bridgehead atoms. The minimum atomic E-state index is -0.183. The van der Waals surface area contributed by atoms with Crippen LogP contribution in [-0.2, 0) is 11.2 Å². The van der Waals surface area contributed by atoms with E-state index < -0.39 is 0 Å². The zero-order chi connectivity index (χ0) is 18.7. The van der Waals surface area contributed by atoms with Gasteiger partial charge in [0.15, 0.2) is 0 Å². The van der Waals surface area contributed by atoms with E-state index in [-0.39, 0.29) is 18.1 Å². The molecule has 1 amide bonds. The van der Waals surface area contributed by atoms with Crippen LogP contribution in [0.5, 0.6) is 5.75 Å². The first-order valence-corrected chi connectivity index (χ1v) is 10.6. The third kappa shape index (κ3) is 4.55. The SMILES string of the molecule is O=C(Cc1ccc(Br)c2ccccc12)N/N=C/c1cc(I)c(O)c(I)c1. The van der Waals surface area contributed by atoms with Gasteiger partial charge in [0.2, 0.25) is 5.91 Å². The van der Waals surface area contributed by atoms with Crippen molar-refractivity contribution in [3.05, 3.63) is 71.3 Å². The molecule has 26 heavy (non-hydrogen) atoms. The molecule has 0 spiro atoms. The second-order valence-electron chi connectivity index (χ2n) is 5.56. The minimum absolute atomic E-state index is 0.183. The zero-order valence-electron chi connectivity index (χ0n) is 13.3. The number of rotatable bonds is 4. The monoisotopic (exact) mass is 634 g/mol. The van der Waals surface area contributed by atoms with Crippen LogP contribution in [0.2, 0.25) is 0 Å². The third-order valence-electron chi connectivity index (χ3n) is 3.75. The summed E-state index contributed by atoms with van der Waals surface area (Å²) in [6, 6.07) is 15.5. The first-order valence-electron chi connectivity index (χ1n) is 7.61. The number of nitrogens with one attached hydrogen (secondary N) is 1. The van der Waals surface area contributed by atoms with Crippen molar-refractivity contribution in [1.82, 2.24) is 5.43 Å². The Bertz CT molecular complexity index is 999. The summed E-state index contributed by atoms with van der Waals surface area (Å²) < 4.78 is 2.49. The Balaban J connectivity index is 1.71. The van der Waals surface area contributed by atoms with Crippen LogP contribution in [0.1, 0.15) is 11.1 Å². The Morgan fingerprint density at radius 1 is 1.12 bits per heavy atom. The second kappa shape index (κ2) is 8.66. The average molecular weight is 635 g/mol. The van der Waals surface area contributed by atoms with Gasteiger partial charge in [0.1, 0.15) is 5.75 Å². The molecule has 0 fully saturated rings. The number of phenols is 1. The topological polar surface area (TPSA) is 61.7 Å². The number of nitrogens with zero attached hydrogens (tertiary/aromatic N) is 1. The Morgan fingerprint density at radius 2 is 1.77 bits per heavy atom. The number of carbonyl (C=O) groups excluding carboxylic acids is 1. The van der Waals surface area contributed by atoms with Crippen LogP contribution in [-0.4, -0.2) is 17.2 Å². The van der Waals surface area contributed by atoms with Crippen LogP contribution in [0.4, 0.5) is 0 Å². The summed E-state index contributed by atoms with van der Waals surface area (Å²) >= 11 is 7.66. The molecule has 0 radical (unpaired) electrons. The third-order valence-corrected chi connectivity index (χ3v) is 6.09. The summed E-state index contributed by atoms with van der Waals surface area (Å²) in [5, 5.41) is 15.9. The Morgan fingerprint density at radius 3 is 2.46 bits per heavy atom. The van der Waals surface area contributed by atoms with Crippen molar-refractivity contribution < 1.29 is 9.90 Å². The van der Waals surface area contributed by atoms with E-state index in [0.29, 0.717) is 0 Å². The molecular formula is C19H13BrI2N2O2. The van der Waals surface area contributed by atoms with Gasteiger partial charge < -0.3 is 5.11 Å². The summed E-state index contributed by atoms with van der Waals surface area (Å²) in [4.78, 5) is 12.2. The van der Waals surface area contributed by atoms with Gasteiger partial charge in [0.25, 0.3) is 0 Å². The van der Waals surface area contributed by atoms with Gasteiger partial charge in [-0.1, -0.05) is 46.3 Å². The molecule has 3 rings (SSSR count). The molecule has 2 N–H and O–H groups in total. The molecular weight excluding hydrogens is 622 g/mol. The van der Waals surface area contributed by atoms with Crippen molar-refractivity contribution in [3.63, 3.8) is 0 Å². The maximum absolute atomic E-state index is 12.2. The van der Waals surface area contributed by atoms with E-state index in [1.54, 1.807) is 18.3 Å². The van der Waals surface area contributed by atoms with E-state index in [9.17, 15) is 9.90 Å². The normalized spacial score (nSPS) is 11.2. The number of aromatic hydroxyl groups is 1. The number of phenolic OH excluding ortho intramolecular Hbond substituents is 1. The van der Waals surface area contributed by atoms with Crippen LogP contribution in [0.3, 0.4) is 0 Å². The number of amides is 1. The highest BCUT2D eigenvalue weighted by Crippen LogP contribution is 2.28. The molecule has 0 saturated heterocycles. The van der Waals surface area contributed by atoms with Gasteiger partial charge in [-0.3, -0.25) is 4.79 Å². The number of hydrogen-bond donors (Lipinski definition) is 2. The van der Waals surface area contributed by atoms with Crippen molar-refractivity contribution in [2.75, 3.05) is 0 Å². The standard InChI is InChI=1S/C19H13BrI2N2O2/c20-15-6-5-12(13-3-1-2-4-14(13)15)9-18(25)24-23-10-11-7-16(21)19(26)17(22)8-11/h1-8,10,26H,9H2,(H,24,25)/b23-10+. The lowest BCUT2D eigenvalue weighted by Crippen LogP contribution is -2.20. The molecule has 0 unspecified atom stereocenters. The first-order chi connectivity index (χ1) is 12.5. The number of hydrogen-bond acceptors (Lipinski definition) is 3. The van der Waals surface area contributed by atoms with Gasteiger partial charge in [-0.2, -0.15) is 5.10 Å². The number of fused-ring (bicyclic) bond motifs is 1. The maximum atomic E-state index is 12.2. The molecule has 0 aliphatic rings. The highest BCUT2D eigenvalue weighted by molar-refractivity contribution is 14.1. The molecule has 0 aliphatic carbocycles. The van der Waals surface area contributed by atoms with E-state index in [1.165, 1.54) is 0 Å². The van der Waals surface area contributed by atoms with Crippen molar-refractivity contribution in [3.8, 4) is 5.75 Å². The highest BCUT2D eigenvalue weighted by Gasteiger charge is 2.08. The summed E-state index contributed by atoms with van der Waals surface area (Å²) in [5.74, 6) is 0.0754. The quantitative estimate of drug-likeness (QED) is 0.235. The lowest BCUT2D eigenvalue weighted by molar-refractivity contribution is -0.120. The van der Waals surface area contributed by atoms with E-state index in [0.717, 1.165) is 33.5 Å². The van der Waals surface area contributed by atoms with Gasteiger partial charge in [-0.15, -0.1) is 0 Å². The van der Waals surface area contributed by atoms with Gasteiger partial charge in [-0.25, -0.2) is 5.43 Å². The fourth-order valence-electron chi connectivity index (χ4n) is 2.53. The fourth-order valence-corrected chi connectivity index (χ4v) is 4.82. The Labute approximate surface area is 186 Å². The van der Waals surface area contributed by atoms with Crippen molar-refractivity contribution in [1.29, 1.82) is 0 Å². The molecule has 7 heteroatoms. The van der Waals surface area contributed by atoms with Gasteiger partial charge in [-0.05, 0) is 85.3 Å². The second-order valence-corrected chi connectivity index (χ2v) is 8.73. The number of benzene rings is 3. The summed E-state index contributed by atoms with van der Waals surface area (Å²) in [7, 11) is 0. The van der Waals surface area contributed by atoms with Crippen LogP contribution in [0.15, 0.2) is 58.1 Å². The summed E-state index contributed by atoms with van der Waals surface area (Å²) in [6.07, 6.45) is 1.82. The average Bonchev–Trinajstić information content (AvgIpc) is 2.62.